The molecule has 1 aliphatic carbocycles. The number of likely N-dealkylation sites (N-methyl/N-ethyl adjacent to an activating group) is 1. The standard InChI is InChI=1S/C12H15NO/c1-13(2)11-8-7-9-5-3-4-6-10(9)12(11)14/h3-8,11-12,14H,1-2H3/t11-,12+/m1/s1. The maximum absolute atomic E-state index is 10.1. The number of fused-ring (bicyclic) bond motifs is 1. The second-order valence-corrected chi connectivity index (χ2v) is 3.89. The highest BCUT2D eigenvalue weighted by atomic mass is 16.3. The highest BCUT2D eigenvalue weighted by Gasteiger charge is 2.24. The minimum absolute atomic E-state index is 0.0879. The van der Waals surface area contributed by atoms with Crippen LogP contribution in [0, 0.1) is 0 Å². The Bertz CT molecular complexity index is 357. The van der Waals surface area contributed by atoms with Gasteiger partial charge in [-0.25, -0.2) is 0 Å². The summed E-state index contributed by atoms with van der Waals surface area (Å²) in [7, 11) is 3.96. The molecule has 0 heterocycles. The van der Waals surface area contributed by atoms with Gasteiger partial charge in [-0.2, -0.15) is 0 Å². The monoisotopic (exact) mass is 189 g/mol. The van der Waals surface area contributed by atoms with E-state index < -0.39 is 6.10 Å². The summed E-state index contributed by atoms with van der Waals surface area (Å²) < 4.78 is 0. The number of hydrogen-bond acceptors (Lipinski definition) is 2. The van der Waals surface area contributed by atoms with Crippen molar-refractivity contribution in [2.45, 2.75) is 12.1 Å². The van der Waals surface area contributed by atoms with Crippen LogP contribution in [-0.4, -0.2) is 30.1 Å². The molecule has 1 aliphatic rings. The molecule has 0 aliphatic heterocycles. The summed E-state index contributed by atoms with van der Waals surface area (Å²) in [5.41, 5.74) is 2.15. The van der Waals surface area contributed by atoms with Gasteiger partial charge in [-0.3, -0.25) is 0 Å². The van der Waals surface area contributed by atoms with Crippen molar-refractivity contribution < 1.29 is 5.11 Å². The van der Waals surface area contributed by atoms with E-state index in [2.05, 4.69) is 6.08 Å². The lowest BCUT2D eigenvalue weighted by atomic mass is 9.91. The topological polar surface area (TPSA) is 23.5 Å². The molecule has 2 heteroatoms. The predicted octanol–water partition coefficient (Wildman–Crippen LogP) is 1.68. The van der Waals surface area contributed by atoms with Crippen molar-refractivity contribution in [1.29, 1.82) is 0 Å². The molecule has 2 rings (SSSR count). The van der Waals surface area contributed by atoms with Crippen LogP contribution < -0.4 is 0 Å². The van der Waals surface area contributed by atoms with Gasteiger partial charge >= 0.3 is 0 Å². The van der Waals surface area contributed by atoms with Gasteiger partial charge in [0.05, 0.1) is 12.1 Å². The fraction of sp³-hybridized carbons (Fsp3) is 0.333. The molecule has 74 valence electrons. The maximum atomic E-state index is 10.1. The molecule has 0 unspecified atom stereocenters. The maximum Gasteiger partial charge on any atom is 0.0986 e. The second kappa shape index (κ2) is 3.56. The van der Waals surface area contributed by atoms with E-state index in [4.69, 9.17) is 0 Å². The minimum atomic E-state index is -0.411. The number of rotatable bonds is 1. The number of nitrogens with zero attached hydrogens (tertiary/aromatic N) is 1. The first-order chi connectivity index (χ1) is 6.70. The van der Waals surface area contributed by atoms with Crippen LogP contribution in [0.2, 0.25) is 0 Å². The van der Waals surface area contributed by atoms with Gasteiger partial charge in [0.15, 0.2) is 0 Å². The molecule has 1 aromatic rings. The molecule has 0 bridgehead atoms. The first-order valence-corrected chi connectivity index (χ1v) is 4.82. The Balaban J connectivity index is 2.40. The molecule has 0 spiro atoms. The van der Waals surface area contributed by atoms with Gasteiger partial charge in [0.1, 0.15) is 0 Å². The zero-order valence-electron chi connectivity index (χ0n) is 8.51. The van der Waals surface area contributed by atoms with Gasteiger partial charge in [-0.1, -0.05) is 36.4 Å². The van der Waals surface area contributed by atoms with Crippen molar-refractivity contribution in [2.24, 2.45) is 0 Å². The molecule has 0 saturated heterocycles. The Kier molecular flexibility index (Phi) is 2.40. The van der Waals surface area contributed by atoms with Crippen LogP contribution in [0.4, 0.5) is 0 Å². The van der Waals surface area contributed by atoms with E-state index in [9.17, 15) is 5.11 Å². The fourth-order valence-corrected chi connectivity index (χ4v) is 1.88. The summed E-state index contributed by atoms with van der Waals surface area (Å²) in [4.78, 5) is 2.02. The van der Waals surface area contributed by atoms with Gasteiger partial charge in [-0.15, -0.1) is 0 Å². The zero-order valence-corrected chi connectivity index (χ0v) is 8.51. The van der Waals surface area contributed by atoms with Crippen LogP contribution in [0.25, 0.3) is 6.08 Å². The average Bonchev–Trinajstić information content (AvgIpc) is 2.18. The van der Waals surface area contributed by atoms with E-state index in [1.165, 1.54) is 0 Å². The van der Waals surface area contributed by atoms with Crippen LogP contribution in [0.1, 0.15) is 17.2 Å². The Morgan fingerprint density at radius 2 is 1.93 bits per heavy atom. The number of aliphatic hydroxyl groups excluding tert-OH is 1. The Morgan fingerprint density at radius 3 is 2.64 bits per heavy atom. The van der Waals surface area contributed by atoms with Gasteiger partial charge in [0.2, 0.25) is 0 Å². The Morgan fingerprint density at radius 1 is 1.21 bits per heavy atom. The predicted molar refractivity (Wildman–Crippen MR) is 57.9 cm³/mol. The number of hydrogen-bond donors (Lipinski definition) is 1. The molecule has 0 aromatic heterocycles. The highest BCUT2D eigenvalue weighted by molar-refractivity contribution is 5.58. The summed E-state index contributed by atoms with van der Waals surface area (Å²) in [6, 6.07) is 8.06. The van der Waals surface area contributed by atoms with Gasteiger partial charge < -0.3 is 10.0 Å². The van der Waals surface area contributed by atoms with E-state index in [0.717, 1.165) is 11.1 Å². The third-order valence-corrected chi connectivity index (χ3v) is 2.71. The van der Waals surface area contributed by atoms with Gasteiger partial charge in [-0.05, 0) is 25.2 Å². The van der Waals surface area contributed by atoms with Crippen molar-refractivity contribution in [3.8, 4) is 0 Å². The largest absolute Gasteiger partial charge is 0.386 e. The van der Waals surface area contributed by atoms with Crippen molar-refractivity contribution in [1.82, 2.24) is 4.90 Å². The molecule has 0 fully saturated rings. The lowest BCUT2D eigenvalue weighted by molar-refractivity contribution is 0.0993. The van der Waals surface area contributed by atoms with Crippen molar-refractivity contribution in [2.75, 3.05) is 14.1 Å². The molecular weight excluding hydrogens is 174 g/mol. The van der Waals surface area contributed by atoms with E-state index in [1.807, 2.05) is 49.3 Å². The van der Waals surface area contributed by atoms with Crippen LogP contribution in [-0.2, 0) is 0 Å². The number of benzene rings is 1. The molecule has 1 aromatic carbocycles. The molecule has 0 amide bonds. The second-order valence-electron chi connectivity index (χ2n) is 3.89. The van der Waals surface area contributed by atoms with Gasteiger partial charge in [0, 0.05) is 0 Å². The van der Waals surface area contributed by atoms with Gasteiger partial charge in [0.25, 0.3) is 0 Å². The van der Waals surface area contributed by atoms with E-state index >= 15 is 0 Å². The summed E-state index contributed by atoms with van der Waals surface area (Å²) in [5, 5.41) is 10.1. The summed E-state index contributed by atoms with van der Waals surface area (Å²) in [6.07, 6.45) is 3.71. The highest BCUT2D eigenvalue weighted by Crippen LogP contribution is 2.29. The van der Waals surface area contributed by atoms with Crippen LogP contribution in [0.5, 0.6) is 0 Å². The Labute approximate surface area is 84.5 Å². The number of aliphatic hydroxyl groups is 1. The SMILES string of the molecule is CN(C)[C@@H]1C=Cc2ccccc2[C@@H]1O. The first kappa shape index (κ1) is 9.44. The molecule has 0 saturated carbocycles. The fourth-order valence-electron chi connectivity index (χ4n) is 1.88. The van der Waals surface area contributed by atoms with Crippen LogP contribution in [0.3, 0.4) is 0 Å². The smallest absolute Gasteiger partial charge is 0.0986 e. The van der Waals surface area contributed by atoms with E-state index in [0.29, 0.717) is 0 Å². The lowest BCUT2D eigenvalue weighted by Crippen LogP contribution is -2.33. The van der Waals surface area contributed by atoms with Crippen molar-refractivity contribution in [3.63, 3.8) is 0 Å². The normalized spacial score (nSPS) is 25.1. The lowest BCUT2D eigenvalue weighted by Gasteiger charge is -2.30. The minimum Gasteiger partial charge on any atom is -0.386 e. The first-order valence-electron chi connectivity index (χ1n) is 4.82. The molecule has 1 N–H and O–H groups in total. The third-order valence-electron chi connectivity index (χ3n) is 2.71. The van der Waals surface area contributed by atoms with Crippen molar-refractivity contribution >= 4 is 6.08 Å². The molecule has 2 atom stereocenters. The quantitative estimate of drug-likeness (QED) is 0.726. The third kappa shape index (κ3) is 1.47. The molecular formula is C12H15NO. The Hall–Kier alpha value is -1.12. The van der Waals surface area contributed by atoms with Crippen molar-refractivity contribution in [3.05, 3.63) is 41.5 Å². The molecule has 14 heavy (non-hydrogen) atoms. The zero-order chi connectivity index (χ0) is 10.1. The summed E-state index contributed by atoms with van der Waals surface area (Å²) in [5.74, 6) is 0. The summed E-state index contributed by atoms with van der Waals surface area (Å²) in [6.45, 7) is 0. The summed E-state index contributed by atoms with van der Waals surface area (Å²) >= 11 is 0. The van der Waals surface area contributed by atoms with Crippen LogP contribution >= 0.6 is 0 Å². The molecule has 2 nitrogen and oxygen atoms in total. The van der Waals surface area contributed by atoms with Crippen LogP contribution in [0.15, 0.2) is 30.3 Å². The molecule has 0 radical (unpaired) electrons. The van der Waals surface area contributed by atoms with E-state index in [1.54, 1.807) is 0 Å². The average molecular weight is 189 g/mol. The van der Waals surface area contributed by atoms with E-state index in [-0.39, 0.29) is 6.04 Å².